The van der Waals surface area contributed by atoms with Crippen LogP contribution in [0.25, 0.3) is 0 Å². The zero-order chi connectivity index (χ0) is 28.0. The number of aliphatic hydroxyl groups is 2. The van der Waals surface area contributed by atoms with Gasteiger partial charge in [0.15, 0.2) is 0 Å². The van der Waals surface area contributed by atoms with Gasteiger partial charge >= 0.3 is 194 Å². The van der Waals surface area contributed by atoms with Crippen LogP contribution in [-0.4, -0.2) is 106 Å². The molecule has 2 atom stereocenters. The molecule has 1 aliphatic heterocycles. The Labute approximate surface area is 236 Å². The minimum atomic E-state index is -0.375. The third-order valence-corrected chi connectivity index (χ3v) is 7.17. The van der Waals surface area contributed by atoms with Crippen LogP contribution in [0.1, 0.15) is 20.3 Å². The molecule has 8 nitrogen and oxygen atoms in total. The molecule has 1 fully saturated rings. The number of hydrogen-bond donors (Lipinski definition) is 2. The summed E-state index contributed by atoms with van der Waals surface area (Å²) in [6, 6.07) is 18.5. The van der Waals surface area contributed by atoms with E-state index in [1.807, 2.05) is 6.07 Å². The molecule has 2 aromatic carbocycles. The second kappa shape index (κ2) is 13.8. The molecule has 0 aromatic heterocycles. The van der Waals surface area contributed by atoms with Crippen molar-refractivity contribution in [3.05, 3.63) is 48.5 Å². The van der Waals surface area contributed by atoms with Gasteiger partial charge in [0.25, 0.3) is 0 Å². The number of aliphatic hydroxyl groups excluding tert-OH is 2. The van der Waals surface area contributed by atoms with E-state index in [2.05, 4.69) is 147 Å². The molecule has 37 heavy (non-hydrogen) atoms. The normalized spacial score (nSPS) is 15.3. The molecule has 0 saturated carbocycles. The Morgan fingerprint density at radius 3 is 1.78 bits per heavy atom. The Morgan fingerprint density at radius 1 is 0.811 bits per heavy atom. The summed E-state index contributed by atoms with van der Waals surface area (Å²) in [5, 5.41) is 17.1. The van der Waals surface area contributed by atoms with E-state index in [1.54, 1.807) is 13.8 Å². The van der Waals surface area contributed by atoms with Gasteiger partial charge in [-0.15, -0.1) is 0 Å². The van der Waals surface area contributed by atoms with Gasteiger partial charge in [-0.1, -0.05) is 0 Å². The molecular formula is C26H43B2N6O2Pt-. The van der Waals surface area contributed by atoms with Gasteiger partial charge < -0.3 is 10.2 Å². The molecule has 206 valence electrons. The molecule has 0 radical (unpaired) electrons. The number of benzene rings is 2. The molecule has 1 aliphatic rings. The summed E-state index contributed by atoms with van der Waals surface area (Å²) in [4.78, 5) is 13.7. The van der Waals surface area contributed by atoms with E-state index in [-0.39, 0.29) is 26.0 Å². The predicted molar refractivity (Wildman–Crippen MR) is 157 cm³/mol. The monoisotopic (exact) mass is 688 g/mol. The number of nitrogens with zero attached hydrogens (tertiary/aromatic N) is 6. The van der Waals surface area contributed by atoms with Crippen LogP contribution in [0.3, 0.4) is 0 Å². The van der Waals surface area contributed by atoms with E-state index in [9.17, 15) is 0 Å². The van der Waals surface area contributed by atoms with E-state index < -0.39 is 0 Å². The van der Waals surface area contributed by atoms with E-state index in [4.69, 9.17) is 10.2 Å². The van der Waals surface area contributed by atoms with Crippen LogP contribution in [0.5, 0.6) is 0 Å². The van der Waals surface area contributed by atoms with Crippen LogP contribution in [0.15, 0.2) is 42.5 Å². The van der Waals surface area contributed by atoms with Crippen LogP contribution in [0.4, 0.5) is 22.7 Å². The minimum absolute atomic E-state index is 0.129. The maximum absolute atomic E-state index is 8.56. The third-order valence-electron chi connectivity index (χ3n) is 6.07. The quantitative estimate of drug-likeness (QED) is 0.323. The van der Waals surface area contributed by atoms with Crippen molar-refractivity contribution in [3.8, 4) is 0 Å². The molecule has 1 saturated heterocycles. The first-order valence-corrected chi connectivity index (χ1v) is 13.6. The molecule has 0 spiro atoms. The molecule has 3 rings (SSSR count). The van der Waals surface area contributed by atoms with E-state index >= 15 is 0 Å². The van der Waals surface area contributed by atoms with E-state index in [0.717, 1.165) is 9.83 Å². The molecule has 1 heterocycles. The summed E-state index contributed by atoms with van der Waals surface area (Å²) in [5.74, 6) is 0. The van der Waals surface area contributed by atoms with Crippen LogP contribution < -0.4 is 19.4 Å². The number of hydrogen-bond acceptors (Lipinski definition) is 8. The predicted octanol–water partition coefficient (Wildman–Crippen LogP) is 1.90. The van der Waals surface area contributed by atoms with Gasteiger partial charge in [-0.3, -0.25) is 0 Å². The zero-order valence-electron chi connectivity index (χ0n) is 24.0. The van der Waals surface area contributed by atoms with Gasteiger partial charge in [0, 0.05) is 0 Å². The van der Waals surface area contributed by atoms with Gasteiger partial charge in [-0.25, -0.2) is 0 Å². The van der Waals surface area contributed by atoms with Crippen molar-refractivity contribution in [2.75, 3.05) is 75.8 Å². The van der Waals surface area contributed by atoms with E-state index in [1.165, 1.54) is 17.1 Å². The van der Waals surface area contributed by atoms with Gasteiger partial charge in [-0.2, -0.15) is 0 Å². The van der Waals surface area contributed by atoms with Crippen molar-refractivity contribution >= 4 is 40.6 Å². The molecule has 0 aliphatic carbocycles. The fourth-order valence-electron chi connectivity index (χ4n) is 4.34. The molecule has 2 unspecified atom stereocenters. The molecule has 0 amide bonds. The Balaban J connectivity index is 0.000000604. The molecule has 11 heteroatoms. The molecule has 2 N–H and O–H groups in total. The molecule has 2 aromatic rings. The molecule has 0 bridgehead atoms. The summed E-state index contributed by atoms with van der Waals surface area (Å²) in [5.41, 5.74) is 4.61. The second-order valence-electron chi connectivity index (χ2n) is 10.4. The van der Waals surface area contributed by atoms with Gasteiger partial charge in [0.05, 0.1) is 12.2 Å². The number of rotatable bonds is 8. The average molecular weight is 688 g/mol. The van der Waals surface area contributed by atoms with Crippen molar-refractivity contribution in [1.82, 2.24) is 9.62 Å². The maximum atomic E-state index is 8.56. The fourth-order valence-corrected chi connectivity index (χ4v) is 5.51. The first-order valence-electron chi connectivity index (χ1n) is 12.5. The van der Waals surface area contributed by atoms with Gasteiger partial charge in [-0.05, 0) is 20.3 Å². The summed E-state index contributed by atoms with van der Waals surface area (Å²) >= 11 is 2.47. The Kier molecular flexibility index (Phi) is 11.7. The van der Waals surface area contributed by atoms with Crippen molar-refractivity contribution < 1.29 is 29.6 Å². The van der Waals surface area contributed by atoms with Crippen LogP contribution in [-0.2, 0) is 19.4 Å². The first-order chi connectivity index (χ1) is 17.3. The van der Waals surface area contributed by atoms with Crippen LogP contribution >= 0.6 is 0 Å². The average Bonchev–Trinajstić information content (AvgIpc) is 3.12. The third kappa shape index (κ3) is 8.08. The summed E-state index contributed by atoms with van der Waals surface area (Å²) < 4.78 is 1.16. The second-order valence-corrected chi connectivity index (χ2v) is 11.4. The van der Waals surface area contributed by atoms with Crippen molar-refractivity contribution in [2.24, 2.45) is 0 Å². The van der Waals surface area contributed by atoms with Crippen molar-refractivity contribution in [2.45, 2.75) is 32.5 Å². The Bertz CT molecular complexity index is 945. The summed E-state index contributed by atoms with van der Waals surface area (Å²) in [6.45, 7) is 3.59. The topological polar surface area (TPSA) is 59.9 Å². The van der Waals surface area contributed by atoms with Crippen molar-refractivity contribution in [1.29, 1.82) is 0 Å². The summed E-state index contributed by atoms with van der Waals surface area (Å²) in [7, 11) is 16.9. The van der Waals surface area contributed by atoms with E-state index in [0.29, 0.717) is 6.42 Å². The van der Waals surface area contributed by atoms with Crippen LogP contribution in [0.2, 0.25) is 0 Å². The van der Waals surface area contributed by atoms with Crippen LogP contribution in [0, 0.1) is 6.07 Å². The summed E-state index contributed by atoms with van der Waals surface area (Å²) in [6.07, 6.45) is -0.278. The Morgan fingerprint density at radius 2 is 1.32 bits per heavy atom. The molecular weight excluding hydrogens is 645 g/mol. The SMILES string of the molecule is CC(O)CC(C)O.CN(C)B1B(N(C)C)N(c2cccc(N(C)C)c2)[C](=[Pt])N1c1[c-]ccc(N(C)C)c1. The standard InChI is InChI=1S/C21H31B2N6.C5H12O2.Pt/c1-24(2)18-11-9-13-20(15-18)28-17-29(23(27(7)8)22(28)26(5)6)21-14-10-12-19(16-21)25(3)4;1-4(6)3-5(2)7;/h9-13,15-16H,1-8H3;4-7H,3H2,1-2H3;/q-1;;. The van der Waals surface area contributed by atoms with Crippen molar-refractivity contribution in [3.63, 3.8) is 0 Å². The van der Waals surface area contributed by atoms with Gasteiger partial charge in [0.2, 0.25) is 0 Å². The fraction of sp³-hybridized carbons (Fsp3) is 0.500. The van der Waals surface area contributed by atoms with Gasteiger partial charge in [0.1, 0.15) is 0 Å². The first kappa shape index (κ1) is 31.4. The zero-order valence-corrected chi connectivity index (χ0v) is 26.2. The number of anilines is 4. The Hall–Kier alpha value is -1.83.